The summed E-state index contributed by atoms with van der Waals surface area (Å²) in [5.41, 5.74) is -0.122. The van der Waals surface area contributed by atoms with Gasteiger partial charge in [0.2, 0.25) is 0 Å². The highest BCUT2D eigenvalue weighted by Gasteiger charge is 2.25. The van der Waals surface area contributed by atoms with E-state index in [0.29, 0.717) is 37.6 Å². The molecule has 0 aliphatic carbocycles. The molecule has 10 heteroatoms. The van der Waals surface area contributed by atoms with Crippen LogP contribution in [-0.2, 0) is 4.74 Å². The maximum Gasteiger partial charge on any atom is 0.513 e. The molecule has 0 bridgehead atoms. The monoisotopic (exact) mass is 464 g/mol. The third-order valence-corrected chi connectivity index (χ3v) is 5.30. The van der Waals surface area contributed by atoms with Crippen LogP contribution >= 0.6 is 0 Å². The van der Waals surface area contributed by atoms with Gasteiger partial charge in [-0.3, -0.25) is 9.59 Å². The van der Waals surface area contributed by atoms with Crippen LogP contribution in [0.1, 0.15) is 40.5 Å². The van der Waals surface area contributed by atoms with Gasteiger partial charge in [-0.2, -0.15) is 0 Å². The van der Waals surface area contributed by atoms with Gasteiger partial charge in [0.15, 0.2) is 17.5 Å². The van der Waals surface area contributed by atoms with E-state index >= 15 is 0 Å². The topological polar surface area (TPSA) is 84.9 Å². The van der Waals surface area contributed by atoms with Crippen molar-refractivity contribution in [3.05, 3.63) is 65.0 Å². The quantitative estimate of drug-likeness (QED) is 0.398. The standard InChI is InChI=1S/C23H23F3N2O5/c1-2-32-23(31)33-16-5-3-15(4-6-16)22(30)28-11-9-14(10-12-28)13-27-21(29)17-7-8-18(24)20(26)19(17)25/h3-8,14H,2,9-13H2,1H3,(H,27,29). The first-order chi connectivity index (χ1) is 15.8. The first-order valence-electron chi connectivity index (χ1n) is 10.5. The number of hydrogen-bond donors (Lipinski definition) is 1. The fourth-order valence-electron chi connectivity index (χ4n) is 3.47. The Balaban J connectivity index is 1.47. The van der Waals surface area contributed by atoms with E-state index < -0.39 is 35.1 Å². The van der Waals surface area contributed by atoms with Gasteiger partial charge in [0, 0.05) is 25.2 Å². The van der Waals surface area contributed by atoms with Crippen LogP contribution in [0.15, 0.2) is 36.4 Å². The molecule has 33 heavy (non-hydrogen) atoms. The van der Waals surface area contributed by atoms with E-state index in [0.717, 1.165) is 6.07 Å². The summed E-state index contributed by atoms with van der Waals surface area (Å²) in [4.78, 5) is 37.8. The van der Waals surface area contributed by atoms with Crippen molar-refractivity contribution in [1.82, 2.24) is 10.2 Å². The Bertz CT molecular complexity index is 1020. The van der Waals surface area contributed by atoms with Crippen LogP contribution in [-0.4, -0.2) is 49.1 Å². The first kappa shape index (κ1) is 24.1. The molecular weight excluding hydrogens is 441 g/mol. The Labute approximate surface area is 188 Å². The molecule has 0 radical (unpaired) electrons. The number of carbonyl (C=O) groups excluding carboxylic acids is 3. The first-order valence-corrected chi connectivity index (χ1v) is 10.5. The van der Waals surface area contributed by atoms with E-state index in [1.54, 1.807) is 24.0 Å². The van der Waals surface area contributed by atoms with Gasteiger partial charge >= 0.3 is 6.16 Å². The highest BCUT2D eigenvalue weighted by molar-refractivity contribution is 5.95. The number of likely N-dealkylation sites (tertiary alicyclic amines) is 1. The molecule has 0 aromatic heterocycles. The normalized spacial score (nSPS) is 14.0. The van der Waals surface area contributed by atoms with Crippen molar-refractivity contribution in [1.29, 1.82) is 0 Å². The minimum absolute atomic E-state index is 0.0479. The number of piperidine rings is 1. The minimum Gasteiger partial charge on any atom is -0.434 e. The number of ether oxygens (including phenoxy) is 2. The van der Waals surface area contributed by atoms with Crippen molar-refractivity contribution in [2.75, 3.05) is 26.2 Å². The molecule has 1 fully saturated rings. The molecule has 1 saturated heterocycles. The lowest BCUT2D eigenvalue weighted by molar-refractivity contribution is 0.0684. The SMILES string of the molecule is CCOC(=O)Oc1ccc(C(=O)N2CCC(CNC(=O)c3ccc(F)c(F)c3F)CC2)cc1. The maximum absolute atomic E-state index is 13.8. The van der Waals surface area contributed by atoms with Gasteiger partial charge in [-0.25, -0.2) is 18.0 Å². The molecule has 0 unspecified atom stereocenters. The number of nitrogens with one attached hydrogen (secondary N) is 1. The molecular formula is C23H23F3N2O5. The number of halogens is 3. The average molecular weight is 464 g/mol. The predicted molar refractivity (Wildman–Crippen MR) is 111 cm³/mol. The van der Waals surface area contributed by atoms with Crippen LogP contribution in [0.25, 0.3) is 0 Å². The summed E-state index contributed by atoms with van der Waals surface area (Å²) in [6, 6.07) is 7.72. The Morgan fingerprint density at radius 2 is 1.67 bits per heavy atom. The Hall–Kier alpha value is -3.56. The number of rotatable bonds is 6. The summed E-state index contributed by atoms with van der Waals surface area (Å²) in [6.45, 7) is 2.99. The number of hydrogen-bond acceptors (Lipinski definition) is 5. The van der Waals surface area contributed by atoms with Gasteiger partial charge in [0.05, 0.1) is 12.2 Å². The third kappa shape index (κ3) is 6.03. The van der Waals surface area contributed by atoms with Gasteiger partial charge in [-0.05, 0) is 62.1 Å². The molecule has 1 N–H and O–H groups in total. The summed E-state index contributed by atoms with van der Waals surface area (Å²) in [7, 11) is 0. The molecule has 1 heterocycles. The predicted octanol–water partition coefficient (Wildman–Crippen LogP) is 3.92. The molecule has 1 aliphatic heterocycles. The van der Waals surface area contributed by atoms with Gasteiger partial charge in [0.1, 0.15) is 5.75 Å². The van der Waals surface area contributed by atoms with E-state index in [4.69, 9.17) is 9.47 Å². The lowest BCUT2D eigenvalue weighted by Gasteiger charge is -2.32. The Morgan fingerprint density at radius 3 is 2.30 bits per heavy atom. The van der Waals surface area contributed by atoms with Gasteiger partial charge in [0.25, 0.3) is 11.8 Å². The molecule has 2 aromatic carbocycles. The van der Waals surface area contributed by atoms with Gasteiger partial charge in [-0.15, -0.1) is 0 Å². The van der Waals surface area contributed by atoms with Crippen molar-refractivity contribution in [2.24, 2.45) is 5.92 Å². The zero-order valence-electron chi connectivity index (χ0n) is 17.9. The Morgan fingerprint density at radius 1 is 1.00 bits per heavy atom. The summed E-state index contributed by atoms with van der Waals surface area (Å²) < 4.78 is 49.7. The molecule has 2 amide bonds. The zero-order chi connectivity index (χ0) is 24.0. The van der Waals surface area contributed by atoms with E-state index in [9.17, 15) is 27.6 Å². The summed E-state index contributed by atoms with van der Waals surface area (Å²) in [5, 5.41) is 2.54. The second kappa shape index (κ2) is 10.8. The van der Waals surface area contributed by atoms with Crippen LogP contribution in [0.3, 0.4) is 0 Å². The smallest absolute Gasteiger partial charge is 0.434 e. The van der Waals surface area contributed by atoms with Crippen molar-refractivity contribution < 1.29 is 37.0 Å². The third-order valence-electron chi connectivity index (χ3n) is 5.30. The largest absolute Gasteiger partial charge is 0.513 e. The molecule has 0 spiro atoms. The lowest BCUT2D eigenvalue weighted by atomic mass is 9.96. The fraction of sp³-hybridized carbons (Fsp3) is 0.348. The van der Waals surface area contributed by atoms with Crippen molar-refractivity contribution in [3.63, 3.8) is 0 Å². The van der Waals surface area contributed by atoms with Crippen LogP contribution in [0, 0.1) is 23.4 Å². The minimum atomic E-state index is -1.69. The van der Waals surface area contributed by atoms with Crippen LogP contribution < -0.4 is 10.1 Å². The van der Waals surface area contributed by atoms with E-state index in [2.05, 4.69) is 5.32 Å². The number of carbonyl (C=O) groups is 3. The van der Waals surface area contributed by atoms with Gasteiger partial charge < -0.3 is 19.7 Å². The molecule has 0 atom stereocenters. The van der Waals surface area contributed by atoms with E-state index in [1.807, 2.05) is 0 Å². The van der Waals surface area contributed by atoms with E-state index in [1.165, 1.54) is 12.1 Å². The van der Waals surface area contributed by atoms with E-state index in [-0.39, 0.29) is 30.7 Å². The van der Waals surface area contributed by atoms with Crippen LogP contribution in [0.4, 0.5) is 18.0 Å². The van der Waals surface area contributed by atoms with Crippen LogP contribution in [0.2, 0.25) is 0 Å². The summed E-state index contributed by atoms with van der Waals surface area (Å²) in [6.07, 6.45) is 0.394. The highest BCUT2D eigenvalue weighted by Crippen LogP contribution is 2.21. The Kier molecular flexibility index (Phi) is 7.92. The molecule has 2 aromatic rings. The second-order valence-corrected chi connectivity index (χ2v) is 7.48. The van der Waals surface area contributed by atoms with Crippen LogP contribution in [0.5, 0.6) is 5.75 Å². The van der Waals surface area contributed by atoms with Crippen molar-refractivity contribution in [3.8, 4) is 5.75 Å². The maximum atomic E-state index is 13.8. The average Bonchev–Trinajstić information content (AvgIpc) is 2.81. The zero-order valence-corrected chi connectivity index (χ0v) is 17.9. The molecule has 1 aliphatic rings. The fourth-order valence-corrected chi connectivity index (χ4v) is 3.47. The number of amides is 2. The number of nitrogens with zero attached hydrogens (tertiary/aromatic N) is 1. The molecule has 0 saturated carbocycles. The van der Waals surface area contributed by atoms with Gasteiger partial charge in [-0.1, -0.05) is 0 Å². The molecule has 3 rings (SSSR count). The van der Waals surface area contributed by atoms with Crippen molar-refractivity contribution in [2.45, 2.75) is 19.8 Å². The molecule has 176 valence electrons. The lowest BCUT2D eigenvalue weighted by Crippen LogP contribution is -2.41. The summed E-state index contributed by atoms with van der Waals surface area (Å²) >= 11 is 0. The summed E-state index contributed by atoms with van der Waals surface area (Å²) in [5.74, 6) is -5.26. The van der Waals surface area contributed by atoms with Crippen molar-refractivity contribution >= 4 is 18.0 Å². The number of benzene rings is 2. The molecule has 7 nitrogen and oxygen atoms in total. The second-order valence-electron chi connectivity index (χ2n) is 7.48. The highest BCUT2D eigenvalue weighted by atomic mass is 19.2.